The van der Waals surface area contributed by atoms with Gasteiger partial charge in [0.1, 0.15) is 5.75 Å². The molecule has 0 radical (unpaired) electrons. The molecule has 0 spiro atoms. The number of nitrogens with two attached hydrogens (primary N) is 1. The normalized spacial score (nSPS) is 9.12. The Bertz CT molecular complexity index is 446. The number of rotatable bonds is 2. The molecule has 0 bridgehead atoms. The summed E-state index contributed by atoms with van der Waals surface area (Å²) in [4.78, 5) is 10.7. The van der Waals surface area contributed by atoms with Crippen molar-refractivity contribution in [2.45, 2.75) is 6.92 Å². The van der Waals surface area contributed by atoms with Gasteiger partial charge in [-0.1, -0.05) is 23.6 Å². The first-order valence-electron chi connectivity index (χ1n) is 4.69. The summed E-state index contributed by atoms with van der Waals surface area (Å²) in [7, 11) is 1.58. The van der Waals surface area contributed by atoms with E-state index in [1.807, 2.05) is 0 Å². The van der Waals surface area contributed by atoms with E-state index < -0.39 is 0 Å². The molecular formula is C12H13NO2S. The van der Waals surface area contributed by atoms with Crippen LogP contribution in [0.4, 0.5) is 5.69 Å². The highest BCUT2D eigenvalue weighted by atomic mass is 32.2. The first-order chi connectivity index (χ1) is 7.63. The standard InChI is InChI=1S/C12H13NO2S/c1-9(14)16-7-3-4-10-8-11(13)5-6-12(10)15-2/h5-6,8H,7,13H2,1-2H3. The van der Waals surface area contributed by atoms with Gasteiger partial charge in [-0.2, -0.15) is 0 Å². The van der Waals surface area contributed by atoms with Crippen LogP contribution in [0.5, 0.6) is 5.75 Å². The van der Waals surface area contributed by atoms with Gasteiger partial charge in [0.15, 0.2) is 5.12 Å². The number of carbonyl (C=O) groups is 1. The molecule has 0 aliphatic rings. The number of hydrogen-bond acceptors (Lipinski definition) is 4. The van der Waals surface area contributed by atoms with Gasteiger partial charge in [-0.15, -0.1) is 0 Å². The Kier molecular flexibility index (Phi) is 4.74. The molecule has 2 N–H and O–H groups in total. The molecule has 1 aromatic carbocycles. The highest BCUT2D eigenvalue weighted by molar-refractivity contribution is 8.13. The fourth-order valence-electron chi connectivity index (χ4n) is 1.09. The lowest BCUT2D eigenvalue weighted by molar-refractivity contribution is -0.109. The molecule has 0 atom stereocenters. The molecule has 1 aromatic rings. The Hall–Kier alpha value is -1.60. The van der Waals surface area contributed by atoms with Crippen molar-refractivity contribution in [3.63, 3.8) is 0 Å². The molecule has 16 heavy (non-hydrogen) atoms. The van der Waals surface area contributed by atoms with Crippen LogP contribution in [0, 0.1) is 11.8 Å². The number of nitrogen functional groups attached to an aromatic ring is 1. The Balaban J connectivity index is 2.78. The van der Waals surface area contributed by atoms with Crippen LogP contribution in [-0.2, 0) is 4.79 Å². The predicted octanol–water partition coefficient (Wildman–Crippen LogP) is 1.91. The minimum Gasteiger partial charge on any atom is -0.495 e. The maximum atomic E-state index is 10.7. The number of benzene rings is 1. The van der Waals surface area contributed by atoms with Crippen molar-refractivity contribution in [3.8, 4) is 17.6 Å². The second-order valence-corrected chi connectivity index (χ2v) is 4.19. The van der Waals surface area contributed by atoms with E-state index in [4.69, 9.17) is 10.5 Å². The van der Waals surface area contributed by atoms with Crippen molar-refractivity contribution in [2.75, 3.05) is 18.6 Å². The van der Waals surface area contributed by atoms with Crippen molar-refractivity contribution in [1.82, 2.24) is 0 Å². The molecule has 1 rings (SSSR count). The lowest BCUT2D eigenvalue weighted by Gasteiger charge is -2.03. The number of hydrogen-bond donors (Lipinski definition) is 1. The topological polar surface area (TPSA) is 52.3 Å². The molecule has 3 nitrogen and oxygen atoms in total. The maximum Gasteiger partial charge on any atom is 0.186 e. The van der Waals surface area contributed by atoms with Crippen molar-refractivity contribution in [1.29, 1.82) is 0 Å². The number of ether oxygens (including phenoxy) is 1. The number of anilines is 1. The molecule has 0 aliphatic carbocycles. The molecule has 0 saturated heterocycles. The average Bonchev–Trinajstić information content (AvgIpc) is 2.24. The van der Waals surface area contributed by atoms with Crippen LogP contribution in [0.15, 0.2) is 18.2 Å². The molecule has 0 saturated carbocycles. The quantitative estimate of drug-likeness (QED) is 0.628. The summed E-state index contributed by atoms with van der Waals surface area (Å²) in [6.45, 7) is 1.52. The molecule has 4 heteroatoms. The summed E-state index contributed by atoms with van der Waals surface area (Å²) in [6.07, 6.45) is 0. The zero-order valence-corrected chi connectivity index (χ0v) is 10.1. The summed E-state index contributed by atoms with van der Waals surface area (Å²) in [6, 6.07) is 5.29. The van der Waals surface area contributed by atoms with E-state index in [9.17, 15) is 4.79 Å². The van der Waals surface area contributed by atoms with Crippen molar-refractivity contribution in [3.05, 3.63) is 23.8 Å². The Morgan fingerprint density at radius 2 is 2.31 bits per heavy atom. The molecule has 0 fully saturated rings. The summed E-state index contributed by atoms with van der Waals surface area (Å²) >= 11 is 1.18. The molecule has 0 aliphatic heterocycles. The third-order valence-electron chi connectivity index (χ3n) is 1.79. The van der Waals surface area contributed by atoms with Gasteiger partial charge < -0.3 is 10.5 Å². The van der Waals surface area contributed by atoms with Gasteiger partial charge in [0.05, 0.1) is 18.4 Å². The second kappa shape index (κ2) is 6.09. The zero-order chi connectivity index (χ0) is 12.0. The maximum absolute atomic E-state index is 10.7. The SMILES string of the molecule is COc1ccc(N)cc1C#CCSC(C)=O. The van der Waals surface area contributed by atoms with Crippen molar-refractivity contribution < 1.29 is 9.53 Å². The van der Waals surface area contributed by atoms with E-state index >= 15 is 0 Å². The van der Waals surface area contributed by atoms with Crippen LogP contribution >= 0.6 is 11.8 Å². The monoisotopic (exact) mass is 235 g/mol. The Labute approximate surface area is 99.4 Å². The van der Waals surface area contributed by atoms with Crippen LogP contribution in [0.25, 0.3) is 0 Å². The summed E-state index contributed by atoms with van der Waals surface area (Å²) in [5, 5.41) is 0.0637. The van der Waals surface area contributed by atoms with E-state index in [1.54, 1.807) is 25.3 Å². The van der Waals surface area contributed by atoms with Gasteiger partial charge in [-0.05, 0) is 18.2 Å². The van der Waals surface area contributed by atoms with Gasteiger partial charge in [0.2, 0.25) is 0 Å². The highest BCUT2D eigenvalue weighted by Crippen LogP contribution is 2.19. The molecule has 0 unspecified atom stereocenters. The fraction of sp³-hybridized carbons (Fsp3) is 0.250. The minimum absolute atomic E-state index is 0.0637. The summed E-state index contributed by atoms with van der Waals surface area (Å²) in [5.41, 5.74) is 7.04. The lowest BCUT2D eigenvalue weighted by atomic mass is 10.2. The fourth-order valence-corrected chi connectivity index (χ4v) is 1.44. The third-order valence-corrected chi connectivity index (χ3v) is 2.49. The van der Waals surface area contributed by atoms with Crippen LogP contribution in [-0.4, -0.2) is 18.0 Å². The van der Waals surface area contributed by atoms with E-state index in [2.05, 4.69) is 11.8 Å². The Morgan fingerprint density at radius 3 is 2.94 bits per heavy atom. The van der Waals surface area contributed by atoms with Gasteiger partial charge in [0, 0.05) is 12.6 Å². The first kappa shape index (κ1) is 12.5. The largest absolute Gasteiger partial charge is 0.495 e. The van der Waals surface area contributed by atoms with E-state index in [0.717, 1.165) is 5.56 Å². The lowest BCUT2D eigenvalue weighted by Crippen LogP contribution is -1.91. The van der Waals surface area contributed by atoms with Gasteiger partial charge in [-0.25, -0.2) is 0 Å². The molecule has 0 aromatic heterocycles. The van der Waals surface area contributed by atoms with E-state index in [-0.39, 0.29) is 5.12 Å². The number of carbonyl (C=O) groups excluding carboxylic acids is 1. The van der Waals surface area contributed by atoms with Crippen molar-refractivity contribution in [2.24, 2.45) is 0 Å². The summed E-state index contributed by atoms with van der Waals surface area (Å²) in [5.74, 6) is 6.99. The van der Waals surface area contributed by atoms with Crippen LogP contribution in [0.2, 0.25) is 0 Å². The predicted molar refractivity (Wildman–Crippen MR) is 67.4 cm³/mol. The zero-order valence-electron chi connectivity index (χ0n) is 9.24. The highest BCUT2D eigenvalue weighted by Gasteiger charge is 1.99. The van der Waals surface area contributed by atoms with E-state index in [1.165, 1.54) is 18.7 Å². The molecule has 0 amide bonds. The number of thioether (sulfide) groups is 1. The van der Waals surface area contributed by atoms with Gasteiger partial charge in [-0.3, -0.25) is 4.79 Å². The van der Waals surface area contributed by atoms with E-state index in [0.29, 0.717) is 17.2 Å². The van der Waals surface area contributed by atoms with Crippen molar-refractivity contribution >= 4 is 22.6 Å². The smallest absolute Gasteiger partial charge is 0.186 e. The summed E-state index contributed by atoms with van der Waals surface area (Å²) < 4.78 is 5.15. The molecule has 84 valence electrons. The van der Waals surface area contributed by atoms with Crippen LogP contribution < -0.4 is 10.5 Å². The molecule has 0 heterocycles. The average molecular weight is 235 g/mol. The second-order valence-electron chi connectivity index (χ2n) is 3.04. The van der Waals surface area contributed by atoms with Gasteiger partial charge >= 0.3 is 0 Å². The third kappa shape index (κ3) is 3.87. The Morgan fingerprint density at radius 1 is 1.56 bits per heavy atom. The molecular weight excluding hydrogens is 222 g/mol. The minimum atomic E-state index is 0.0637. The number of methoxy groups -OCH3 is 1. The first-order valence-corrected chi connectivity index (χ1v) is 5.68. The van der Waals surface area contributed by atoms with Crippen LogP contribution in [0.3, 0.4) is 0 Å². The van der Waals surface area contributed by atoms with Gasteiger partial charge in [0.25, 0.3) is 0 Å². The van der Waals surface area contributed by atoms with Crippen LogP contribution in [0.1, 0.15) is 12.5 Å².